The van der Waals surface area contributed by atoms with E-state index in [9.17, 15) is 0 Å². The number of nitrogens with zero attached hydrogens (tertiary/aromatic N) is 2. The molecule has 0 aliphatic rings. The van der Waals surface area contributed by atoms with Crippen molar-refractivity contribution in [3.63, 3.8) is 0 Å². The maximum atomic E-state index is 6.30. The Labute approximate surface area is 189 Å². The fraction of sp³-hybridized carbons (Fsp3) is 0.0870. The Kier molecular flexibility index (Phi) is 5.89. The molecule has 1 heterocycles. The lowest BCUT2D eigenvalue weighted by Crippen LogP contribution is -2.04. The molecule has 1 aromatic heterocycles. The van der Waals surface area contributed by atoms with E-state index in [4.69, 9.17) is 51.5 Å². The second kappa shape index (κ2) is 8.41. The molecule has 0 unspecified atom stereocenters. The van der Waals surface area contributed by atoms with Crippen LogP contribution in [-0.2, 0) is 6.54 Å². The van der Waals surface area contributed by atoms with Gasteiger partial charge in [-0.3, -0.25) is 4.68 Å². The van der Waals surface area contributed by atoms with Crippen LogP contribution in [0.4, 0.5) is 0 Å². The van der Waals surface area contributed by atoms with Crippen molar-refractivity contribution in [3.05, 3.63) is 97.9 Å². The molecule has 0 bridgehead atoms. The first kappa shape index (κ1) is 20.3. The van der Waals surface area contributed by atoms with Gasteiger partial charge in [0, 0.05) is 16.7 Å². The Balaban J connectivity index is 1.90. The van der Waals surface area contributed by atoms with Crippen LogP contribution in [-0.4, -0.2) is 9.78 Å². The van der Waals surface area contributed by atoms with Crippen molar-refractivity contribution in [3.8, 4) is 22.5 Å². The zero-order valence-corrected chi connectivity index (χ0v) is 18.5. The van der Waals surface area contributed by atoms with Crippen LogP contribution in [0.2, 0.25) is 20.1 Å². The van der Waals surface area contributed by atoms with Gasteiger partial charge in [0.05, 0.1) is 38.0 Å². The molecule has 0 N–H and O–H groups in total. The minimum absolute atomic E-state index is 0.497. The van der Waals surface area contributed by atoms with Gasteiger partial charge in [-0.2, -0.15) is 5.10 Å². The van der Waals surface area contributed by atoms with Gasteiger partial charge in [0.2, 0.25) is 0 Å². The lowest BCUT2D eigenvalue weighted by Gasteiger charge is -2.10. The third kappa shape index (κ3) is 4.17. The predicted molar refractivity (Wildman–Crippen MR) is 123 cm³/mol. The first-order valence-electron chi connectivity index (χ1n) is 8.96. The second-order valence-electron chi connectivity index (χ2n) is 6.72. The monoisotopic (exact) mass is 460 g/mol. The Bertz CT molecular complexity index is 1180. The Hall–Kier alpha value is -1.97. The Morgan fingerprint density at radius 3 is 1.93 bits per heavy atom. The summed E-state index contributed by atoms with van der Waals surface area (Å²) in [6.45, 7) is 2.67. The van der Waals surface area contributed by atoms with Gasteiger partial charge >= 0.3 is 0 Å². The summed E-state index contributed by atoms with van der Waals surface area (Å²) in [6.07, 6.45) is 0. The van der Waals surface area contributed by atoms with Crippen molar-refractivity contribution in [2.75, 3.05) is 0 Å². The number of hydrogen-bond acceptors (Lipinski definition) is 1. The SMILES string of the molecule is Cc1c(-c2ccc(Cl)c(Cl)c2)nn(Cc2ccccc2)c1-c1ccc(Cl)c(Cl)c1. The first-order chi connectivity index (χ1) is 13.9. The van der Waals surface area contributed by atoms with Crippen molar-refractivity contribution in [1.82, 2.24) is 9.78 Å². The van der Waals surface area contributed by atoms with Gasteiger partial charge in [-0.1, -0.05) is 88.9 Å². The van der Waals surface area contributed by atoms with Gasteiger partial charge < -0.3 is 0 Å². The number of benzene rings is 3. The molecule has 0 amide bonds. The zero-order valence-electron chi connectivity index (χ0n) is 15.5. The fourth-order valence-electron chi connectivity index (χ4n) is 3.35. The summed E-state index contributed by atoms with van der Waals surface area (Å²) in [4.78, 5) is 0. The molecule has 0 radical (unpaired) electrons. The maximum absolute atomic E-state index is 6.30. The molecule has 0 spiro atoms. The van der Waals surface area contributed by atoms with E-state index in [-0.39, 0.29) is 0 Å². The number of aromatic nitrogens is 2. The summed E-state index contributed by atoms with van der Waals surface area (Å²) < 4.78 is 1.99. The van der Waals surface area contributed by atoms with E-state index in [1.807, 2.05) is 54.1 Å². The summed E-state index contributed by atoms with van der Waals surface area (Å²) in [7, 11) is 0. The van der Waals surface area contributed by atoms with Crippen LogP contribution in [0.5, 0.6) is 0 Å². The highest BCUT2D eigenvalue weighted by atomic mass is 35.5. The number of hydrogen-bond donors (Lipinski definition) is 0. The van der Waals surface area contributed by atoms with Crippen molar-refractivity contribution >= 4 is 46.4 Å². The van der Waals surface area contributed by atoms with Crippen molar-refractivity contribution in [1.29, 1.82) is 0 Å². The molecule has 0 saturated carbocycles. The molecule has 4 aromatic rings. The van der Waals surface area contributed by atoms with Crippen molar-refractivity contribution in [2.24, 2.45) is 0 Å². The first-order valence-corrected chi connectivity index (χ1v) is 10.5. The minimum atomic E-state index is 0.497. The highest BCUT2D eigenvalue weighted by Crippen LogP contribution is 2.36. The molecular weight excluding hydrogens is 446 g/mol. The third-order valence-corrected chi connectivity index (χ3v) is 6.23. The van der Waals surface area contributed by atoms with Crippen LogP contribution in [0.1, 0.15) is 11.1 Å². The minimum Gasteiger partial charge on any atom is -0.260 e. The summed E-state index contributed by atoms with van der Waals surface area (Å²) in [6, 6.07) is 21.4. The molecule has 146 valence electrons. The summed E-state index contributed by atoms with van der Waals surface area (Å²) in [5.74, 6) is 0. The van der Waals surface area contributed by atoms with Crippen LogP contribution in [0.3, 0.4) is 0 Å². The van der Waals surface area contributed by atoms with E-state index in [1.165, 1.54) is 0 Å². The lowest BCUT2D eigenvalue weighted by atomic mass is 10.0. The van der Waals surface area contributed by atoms with E-state index < -0.39 is 0 Å². The fourth-order valence-corrected chi connectivity index (χ4v) is 3.95. The number of rotatable bonds is 4. The third-order valence-electron chi connectivity index (χ3n) is 4.75. The topological polar surface area (TPSA) is 17.8 Å². The average Bonchev–Trinajstić information content (AvgIpc) is 3.03. The molecular formula is C23H16Cl4N2. The van der Waals surface area contributed by atoms with Gasteiger partial charge in [-0.15, -0.1) is 0 Å². The lowest BCUT2D eigenvalue weighted by molar-refractivity contribution is 0.696. The molecule has 3 aromatic carbocycles. The largest absolute Gasteiger partial charge is 0.260 e. The van der Waals surface area contributed by atoms with E-state index in [1.54, 1.807) is 12.1 Å². The highest BCUT2D eigenvalue weighted by molar-refractivity contribution is 6.42. The quantitative estimate of drug-likeness (QED) is 0.299. The van der Waals surface area contributed by atoms with Crippen molar-refractivity contribution < 1.29 is 0 Å². The van der Waals surface area contributed by atoms with E-state index in [0.717, 1.165) is 33.6 Å². The van der Waals surface area contributed by atoms with Gasteiger partial charge in [-0.05, 0) is 36.8 Å². The Morgan fingerprint density at radius 1 is 0.724 bits per heavy atom. The molecule has 0 fully saturated rings. The van der Waals surface area contributed by atoms with Gasteiger partial charge in [-0.25, -0.2) is 0 Å². The van der Waals surface area contributed by atoms with Crippen LogP contribution in [0.25, 0.3) is 22.5 Å². The molecule has 2 nitrogen and oxygen atoms in total. The van der Waals surface area contributed by atoms with Crippen molar-refractivity contribution in [2.45, 2.75) is 13.5 Å². The van der Waals surface area contributed by atoms with Crippen LogP contribution in [0.15, 0.2) is 66.7 Å². The molecule has 0 aliphatic heterocycles. The van der Waals surface area contributed by atoms with Crippen LogP contribution in [0, 0.1) is 6.92 Å². The second-order valence-corrected chi connectivity index (χ2v) is 8.35. The summed E-state index contributed by atoms with van der Waals surface area (Å²) in [5, 5.41) is 6.95. The van der Waals surface area contributed by atoms with Gasteiger partial charge in [0.15, 0.2) is 0 Å². The van der Waals surface area contributed by atoms with Crippen LogP contribution < -0.4 is 0 Å². The maximum Gasteiger partial charge on any atom is 0.0959 e. The average molecular weight is 462 g/mol. The van der Waals surface area contributed by atoms with E-state index >= 15 is 0 Å². The molecule has 4 rings (SSSR count). The predicted octanol–water partition coefficient (Wildman–Crippen LogP) is 8.19. The smallest absolute Gasteiger partial charge is 0.0959 e. The van der Waals surface area contributed by atoms with Crippen LogP contribution >= 0.6 is 46.4 Å². The number of halogens is 4. The molecule has 0 aliphatic carbocycles. The Morgan fingerprint density at radius 2 is 1.31 bits per heavy atom. The van der Waals surface area contributed by atoms with E-state index in [0.29, 0.717) is 26.6 Å². The molecule has 29 heavy (non-hydrogen) atoms. The summed E-state index contributed by atoms with van der Waals surface area (Å²) in [5.41, 5.74) is 5.86. The van der Waals surface area contributed by atoms with Gasteiger partial charge in [0.25, 0.3) is 0 Å². The van der Waals surface area contributed by atoms with Gasteiger partial charge in [0.1, 0.15) is 0 Å². The molecule has 0 saturated heterocycles. The normalized spacial score (nSPS) is 11.1. The van der Waals surface area contributed by atoms with E-state index in [2.05, 4.69) is 12.1 Å². The molecule has 6 heteroatoms. The summed E-state index contributed by atoms with van der Waals surface area (Å²) >= 11 is 24.8. The highest BCUT2D eigenvalue weighted by Gasteiger charge is 2.19. The zero-order chi connectivity index (χ0) is 20.5. The molecule has 0 atom stereocenters. The standard InChI is InChI=1S/C23H16Cl4N2/c1-14-22(16-7-9-18(24)20(26)11-16)28-29(13-15-5-3-2-4-6-15)23(14)17-8-10-19(25)21(27)12-17/h2-12H,13H2,1H3.